The predicted octanol–water partition coefficient (Wildman–Crippen LogP) is 4.82. The number of aliphatic hydroxyl groups excluding tert-OH is 1. The average molecular weight is 413 g/mol. The number of aryl methyl sites for hydroxylation is 1. The smallest absolute Gasteiger partial charge is 0.222 e. The van der Waals surface area contributed by atoms with Gasteiger partial charge in [-0.15, -0.1) is 0 Å². The molecule has 3 atom stereocenters. The number of fused-ring (bicyclic) bond motifs is 1. The fourth-order valence-electron chi connectivity index (χ4n) is 3.96. The van der Waals surface area contributed by atoms with E-state index in [9.17, 15) is 9.90 Å². The maximum atomic E-state index is 12.2. The van der Waals surface area contributed by atoms with Gasteiger partial charge in [-0.3, -0.25) is 4.79 Å². The first-order chi connectivity index (χ1) is 14.2. The molecule has 0 aromatic heterocycles. The third-order valence-electron chi connectivity index (χ3n) is 6.06. The van der Waals surface area contributed by atoms with Crippen LogP contribution in [0.2, 0.25) is 0 Å². The van der Waals surface area contributed by atoms with Gasteiger partial charge in [0.2, 0.25) is 5.91 Å². The summed E-state index contributed by atoms with van der Waals surface area (Å²) in [7, 11) is 0. The van der Waals surface area contributed by atoms with Gasteiger partial charge >= 0.3 is 0 Å². The Morgan fingerprint density at radius 3 is 2.57 bits per heavy atom. The molecule has 0 heterocycles. The summed E-state index contributed by atoms with van der Waals surface area (Å²) < 4.78 is 0. The summed E-state index contributed by atoms with van der Waals surface area (Å²) in [6.07, 6.45) is 4.47. The van der Waals surface area contributed by atoms with Crippen LogP contribution in [0.5, 0.6) is 0 Å². The lowest BCUT2D eigenvalue weighted by Gasteiger charge is -2.31. The standard InChI is InChI=1S/C26H40N2O2/c1-5-6-15-28-25(30)19(2)16-24(29)23(27)18-26(3,4)14-13-20-11-12-21-9-7-8-10-22(21)17-20/h7-12,17,19,23-24,29H,5-6,13-16,18,27H2,1-4H3,(H,28,30)/t19-,23+,24+/m1/s1. The van der Waals surface area contributed by atoms with E-state index in [-0.39, 0.29) is 23.3 Å². The summed E-state index contributed by atoms with van der Waals surface area (Å²) in [5.41, 5.74) is 7.67. The normalized spacial score (nSPS) is 15.0. The van der Waals surface area contributed by atoms with E-state index in [0.717, 1.165) is 32.1 Å². The molecular formula is C26H40N2O2. The molecule has 4 heteroatoms. The highest BCUT2D eigenvalue weighted by Crippen LogP contribution is 2.30. The molecule has 0 aliphatic heterocycles. The molecule has 0 aliphatic carbocycles. The molecular weight excluding hydrogens is 372 g/mol. The Labute approximate surface area is 182 Å². The van der Waals surface area contributed by atoms with Crippen LogP contribution in [0.3, 0.4) is 0 Å². The number of rotatable bonds is 12. The number of carbonyl (C=O) groups is 1. The highest BCUT2D eigenvalue weighted by atomic mass is 16.3. The quantitative estimate of drug-likeness (QED) is 0.438. The number of unbranched alkanes of at least 4 members (excludes halogenated alkanes) is 1. The van der Waals surface area contributed by atoms with E-state index in [1.54, 1.807) is 0 Å². The van der Waals surface area contributed by atoms with Crippen molar-refractivity contribution in [3.8, 4) is 0 Å². The van der Waals surface area contributed by atoms with Crippen LogP contribution in [-0.4, -0.2) is 29.7 Å². The Balaban J connectivity index is 1.82. The van der Waals surface area contributed by atoms with Crippen LogP contribution in [0.25, 0.3) is 10.8 Å². The monoisotopic (exact) mass is 412 g/mol. The fraction of sp³-hybridized carbons (Fsp3) is 0.577. The molecule has 2 aromatic carbocycles. The number of hydrogen-bond acceptors (Lipinski definition) is 3. The molecule has 0 fully saturated rings. The molecule has 0 saturated heterocycles. The Bertz CT molecular complexity index is 802. The zero-order chi connectivity index (χ0) is 22.1. The van der Waals surface area contributed by atoms with Gasteiger partial charge < -0.3 is 16.2 Å². The molecule has 0 radical (unpaired) electrons. The summed E-state index contributed by atoms with van der Waals surface area (Å²) in [6.45, 7) is 9.08. The van der Waals surface area contributed by atoms with E-state index in [1.807, 2.05) is 6.92 Å². The lowest BCUT2D eigenvalue weighted by molar-refractivity contribution is -0.125. The van der Waals surface area contributed by atoms with E-state index in [1.165, 1.54) is 16.3 Å². The van der Waals surface area contributed by atoms with Crippen LogP contribution in [0.1, 0.15) is 65.4 Å². The van der Waals surface area contributed by atoms with Crippen LogP contribution in [0.15, 0.2) is 42.5 Å². The van der Waals surface area contributed by atoms with E-state index in [0.29, 0.717) is 13.0 Å². The predicted molar refractivity (Wildman–Crippen MR) is 126 cm³/mol. The molecule has 1 amide bonds. The number of nitrogens with one attached hydrogen (secondary N) is 1. The fourth-order valence-corrected chi connectivity index (χ4v) is 3.96. The van der Waals surface area contributed by atoms with Crippen molar-refractivity contribution in [1.29, 1.82) is 0 Å². The van der Waals surface area contributed by atoms with Crippen molar-refractivity contribution in [3.05, 3.63) is 48.0 Å². The second-order valence-electron chi connectivity index (χ2n) is 9.56. The van der Waals surface area contributed by atoms with E-state index in [2.05, 4.69) is 68.6 Å². The maximum absolute atomic E-state index is 12.2. The second-order valence-corrected chi connectivity index (χ2v) is 9.56. The maximum Gasteiger partial charge on any atom is 0.222 e. The molecule has 166 valence electrons. The zero-order valence-corrected chi connectivity index (χ0v) is 19.2. The van der Waals surface area contributed by atoms with Gasteiger partial charge in [-0.1, -0.05) is 76.6 Å². The molecule has 2 aromatic rings. The minimum absolute atomic E-state index is 0.00487. The van der Waals surface area contributed by atoms with Gasteiger partial charge in [0.1, 0.15) is 0 Å². The molecule has 0 saturated carbocycles. The molecule has 0 aliphatic rings. The van der Waals surface area contributed by atoms with E-state index in [4.69, 9.17) is 5.73 Å². The summed E-state index contributed by atoms with van der Waals surface area (Å²) in [4.78, 5) is 12.2. The van der Waals surface area contributed by atoms with Crippen molar-refractivity contribution in [1.82, 2.24) is 5.32 Å². The van der Waals surface area contributed by atoms with Gasteiger partial charge in [0, 0.05) is 18.5 Å². The summed E-state index contributed by atoms with van der Waals surface area (Å²) in [5, 5.41) is 16.0. The lowest BCUT2D eigenvalue weighted by atomic mass is 9.78. The van der Waals surface area contributed by atoms with Crippen LogP contribution in [-0.2, 0) is 11.2 Å². The highest BCUT2D eigenvalue weighted by molar-refractivity contribution is 5.83. The largest absolute Gasteiger partial charge is 0.391 e. The molecule has 4 N–H and O–H groups in total. The molecule has 0 spiro atoms. The highest BCUT2D eigenvalue weighted by Gasteiger charge is 2.27. The molecule has 0 bridgehead atoms. The van der Waals surface area contributed by atoms with Crippen molar-refractivity contribution in [2.75, 3.05) is 6.54 Å². The number of benzene rings is 2. The van der Waals surface area contributed by atoms with E-state index >= 15 is 0 Å². The number of amides is 1. The van der Waals surface area contributed by atoms with Crippen molar-refractivity contribution < 1.29 is 9.90 Å². The first-order valence-corrected chi connectivity index (χ1v) is 11.4. The Hall–Kier alpha value is -1.91. The third kappa shape index (κ3) is 7.73. The SMILES string of the molecule is CCCCNC(=O)[C@H](C)C[C@H](O)[C@@H](N)CC(C)(C)CCc1ccc2ccccc2c1. The van der Waals surface area contributed by atoms with Gasteiger partial charge in [-0.2, -0.15) is 0 Å². The molecule has 2 rings (SSSR count). The zero-order valence-electron chi connectivity index (χ0n) is 19.2. The van der Waals surface area contributed by atoms with Gasteiger partial charge in [0.25, 0.3) is 0 Å². The van der Waals surface area contributed by atoms with Crippen molar-refractivity contribution >= 4 is 16.7 Å². The molecule has 0 unspecified atom stereocenters. The van der Waals surface area contributed by atoms with Gasteiger partial charge in [-0.25, -0.2) is 0 Å². The van der Waals surface area contributed by atoms with Crippen LogP contribution in [0.4, 0.5) is 0 Å². The van der Waals surface area contributed by atoms with Crippen molar-refractivity contribution in [3.63, 3.8) is 0 Å². The first-order valence-electron chi connectivity index (χ1n) is 11.4. The summed E-state index contributed by atoms with van der Waals surface area (Å²) >= 11 is 0. The second kappa shape index (κ2) is 11.5. The lowest BCUT2D eigenvalue weighted by Crippen LogP contribution is -2.41. The van der Waals surface area contributed by atoms with Crippen molar-refractivity contribution in [2.45, 2.75) is 78.4 Å². The first kappa shape index (κ1) is 24.4. The number of carbonyl (C=O) groups excluding carboxylic acids is 1. The Morgan fingerprint density at radius 2 is 1.87 bits per heavy atom. The third-order valence-corrected chi connectivity index (χ3v) is 6.06. The molecule has 30 heavy (non-hydrogen) atoms. The van der Waals surface area contributed by atoms with E-state index < -0.39 is 6.10 Å². The minimum atomic E-state index is -0.670. The average Bonchev–Trinajstić information content (AvgIpc) is 2.71. The summed E-state index contributed by atoms with van der Waals surface area (Å²) in [5.74, 6) is -0.228. The Morgan fingerprint density at radius 1 is 1.17 bits per heavy atom. The number of hydrogen-bond donors (Lipinski definition) is 3. The van der Waals surface area contributed by atoms with Crippen LogP contribution in [0, 0.1) is 11.3 Å². The van der Waals surface area contributed by atoms with Gasteiger partial charge in [0.15, 0.2) is 0 Å². The topological polar surface area (TPSA) is 75.3 Å². The number of aliphatic hydroxyl groups is 1. The minimum Gasteiger partial charge on any atom is -0.391 e. The van der Waals surface area contributed by atoms with Crippen molar-refractivity contribution in [2.24, 2.45) is 17.1 Å². The van der Waals surface area contributed by atoms with Crippen LogP contribution < -0.4 is 11.1 Å². The Kier molecular flexibility index (Phi) is 9.32. The van der Waals surface area contributed by atoms with Gasteiger partial charge in [0.05, 0.1) is 6.10 Å². The molecule has 4 nitrogen and oxygen atoms in total. The van der Waals surface area contributed by atoms with Crippen LogP contribution >= 0.6 is 0 Å². The number of nitrogens with two attached hydrogens (primary N) is 1. The van der Waals surface area contributed by atoms with Gasteiger partial charge in [-0.05, 0) is 53.9 Å². The summed E-state index contributed by atoms with van der Waals surface area (Å²) in [6, 6.07) is 14.7.